The molecular formula is C14H14ClFN2. The van der Waals surface area contributed by atoms with Crippen molar-refractivity contribution in [3.05, 3.63) is 58.5 Å². The molecule has 0 unspecified atom stereocenters. The summed E-state index contributed by atoms with van der Waals surface area (Å²) < 4.78 is 12.9. The number of hydrogen-bond acceptors (Lipinski definition) is 2. The lowest BCUT2D eigenvalue weighted by atomic mass is 10.1. The molecule has 0 atom stereocenters. The molecule has 1 N–H and O–H groups in total. The van der Waals surface area contributed by atoms with E-state index in [9.17, 15) is 4.39 Å². The summed E-state index contributed by atoms with van der Waals surface area (Å²) in [6.45, 7) is 2.65. The maximum absolute atomic E-state index is 12.9. The molecule has 1 heterocycles. The molecule has 0 saturated carbocycles. The van der Waals surface area contributed by atoms with Gasteiger partial charge >= 0.3 is 0 Å². The second-order valence-corrected chi connectivity index (χ2v) is 4.48. The lowest BCUT2D eigenvalue weighted by Crippen LogP contribution is -2.07. The van der Waals surface area contributed by atoms with E-state index in [1.165, 1.54) is 6.07 Å². The molecule has 0 spiro atoms. The molecule has 2 nitrogen and oxygen atoms in total. The predicted octanol–water partition coefficient (Wildman–Crippen LogP) is 3.84. The molecule has 1 aromatic carbocycles. The first-order valence-electron chi connectivity index (χ1n) is 5.76. The van der Waals surface area contributed by atoms with E-state index in [4.69, 9.17) is 11.6 Å². The number of rotatable bonds is 4. The van der Waals surface area contributed by atoms with Crippen LogP contribution in [0.3, 0.4) is 0 Å². The molecule has 2 rings (SSSR count). The van der Waals surface area contributed by atoms with E-state index in [2.05, 4.69) is 10.3 Å². The first-order chi connectivity index (χ1) is 8.65. The number of halogens is 2. The summed E-state index contributed by atoms with van der Waals surface area (Å²) in [7, 11) is 0. The summed E-state index contributed by atoms with van der Waals surface area (Å²) in [5.74, 6) is 0.558. The van der Waals surface area contributed by atoms with Gasteiger partial charge in [0.05, 0.1) is 0 Å². The number of anilines is 1. The zero-order valence-corrected chi connectivity index (χ0v) is 10.8. The second-order valence-electron chi connectivity index (χ2n) is 4.09. The number of benzene rings is 1. The Hall–Kier alpha value is -1.61. The Kier molecular flexibility index (Phi) is 4.15. The Bertz CT molecular complexity index is 543. The molecular weight excluding hydrogens is 251 g/mol. The van der Waals surface area contributed by atoms with Gasteiger partial charge in [-0.3, -0.25) is 0 Å². The van der Waals surface area contributed by atoms with Gasteiger partial charge in [-0.2, -0.15) is 0 Å². The van der Waals surface area contributed by atoms with Gasteiger partial charge in [0.2, 0.25) is 0 Å². The van der Waals surface area contributed by atoms with Crippen LogP contribution in [0.5, 0.6) is 0 Å². The molecule has 2 aromatic rings. The first-order valence-corrected chi connectivity index (χ1v) is 6.14. The van der Waals surface area contributed by atoms with Crippen LogP contribution >= 0.6 is 11.6 Å². The van der Waals surface area contributed by atoms with Crippen molar-refractivity contribution in [1.29, 1.82) is 0 Å². The minimum atomic E-state index is -0.194. The number of pyridine rings is 1. The fourth-order valence-electron chi connectivity index (χ4n) is 1.77. The molecule has 0 aliphatic heterocycles. The number of nitrogens with zero attached hydrogens (tertiary/aromatic N) is 1. The topological polar surface area (TPSA) is 24.9 Å². The fraction of sp³-hybridized carbons (Fsp3) is 0.214. The third-order valence-corrected chi connectivity index (χ3v) is 2.93. The molecule has 0 amide bonds. The van der Waals surface area contributed by atoms with Gasteiger partial charge in [0, 0.05) is 6.54 Å². The van der Waals surface area contributed by atoms with E-state index in [0.717, 1.165) is 29.9 Å². The minimum absolute atomic E-state index is 0.194. The number of aromatic nitrogens is 1. The second kappa shape index (κ2) is 5.83. The molecule has 0 saturated heterocycles. The maximum atomic E-state index is 12.9. The van der Waals surface area contributed by atoms with E-state index in [1.54, 1.807) is 12.1 Å². The average molecular weight is 265 g/mol. The van der Waals surface area contributed by atoms with E-state index in [1.807, 2.05) is 25.1 Å². The van der Waals surface area contributed by atoms with Gasteiger partial charge in [0.15, 0.2) is 0 Å². The van der Waals surface area contributed by atoms with Gasteiger partial charge in [-0.25, -0.2) is 9.37 Å². The van der Waals surface area contributed by atoms with Crippen LogP contribution in [0.1, 0.15) is 11.1 Å². The lowest BCUT2D eigenvalue weighted by Gasteiger charge is -2.08. The van der Waals surface area contributed by atoms with Crippen molar-refractivity contribution in [3.63, 3.8) is 0 Å². The predicted molar refractivity (Wildman–Crippen MR) is 72.6 cm³/mol. The standard InChI is InChI=1S/C14H14ClFN2/c1-10-9-12(16)6-5-11(10)7-8-17-14-4-2-3-13(15)18-14/h2-6,9H,7-8H2,1H3,(H,17,18). The average Bonchev–Trinajstić information content (AvgIpc) is 2.32. The van der Waals surface area contributed by atoms with Crippen LogP contribution in [0.2, 0.25) is 5.15 Å². The van der Waals surface area contributed by atoms with Gasteiger partial charge < -0.3 is 5.32 Å². The summed E-state index contributed by atoms with van der Waals surface area (Å²) in [4.78, 5) is 4.14. The van der Waals surface area contributed by atoms with Crippen molar-refractivity contribution in [2.45, 2.75) is 13.3 Å². The number of aryl methyl sites for hydroxylation is 1. The lowest BCUT2D eigenvalue weighted by molar-refractivity contribution is 0.625. The Labute approximate surface area is 111 Å². The zero-order chi connectivity index (χ0) is 13.0. The van der Waals surface area contributed by atoms with Crippen molar-refractivity contribution in [3.8, 4) is 0 Å². The molecule has 0 bridgehead atoms. The van der Waals surface area contributed by atoms with Crippen LogP contribution < -0.4 is 5.32 Å². The van der Waals surface area contributed by atoms with Gasteiger partial charge in [0.25, 0.3) is 0 Å². The van der Waals surface area contributed by atoms with Gasteiger partial charge in [0.1, 0.15) is 16.8 Å². The Morgan fingerprint density at radius 2 is 2.11 bits per heavy atom. The van der Waals surface area contributed by atoms with Gasteiger partial charge in [-0.05, 0) is 48.7 Å². The smallest absolute Gasteiger partial charge is 0.131 e. The van der Waals surface area contributed by atoms with Crippen LogP contribution in [0.15, 0.2) is 36.4 Å². The molecule has 1 aromatic heterocycles. The van der Waals surface area contributed by atoms with Crippen molar-refractivity contribution in [2.24, 2.45) is 0 Å². The molecule has 0 radical (unpaired) electrons. The van der Waals surface area contributed by atoms with Crippen molar-refractivity contribution >= 4 is 17.4 Å². The molecule has 4 heteroatoms. The van der Waals surface area contributed by atoms with Crippen LogP contribution in [-0.2, 0) is 6.42 Å². The van der Waals surface area contributed by atoms with E-state index in [-0.39, 0.29) is 5.82 Å². The maximum Gasteiger partial charge on any atom is 0.131 e. The monoisotopic (exact) mass is 264 g/mol. The van der Waals surface area contributed by atoms with Gasteiger partial charge in [-0.1, -0.05) is 23.7 Å². The van der Waals surface area contributed by atoms with Crippen LogP contribution in [0.25, 0.3) is 0 Å². The molecule has 0 aliphatic carbocycles. The molecule has 94 valence electrons. The van der Waals surface area contributed by atoms with Crippen molar-refractivity contribution in [1.82, 2.24) is 4.98 Å². The number of hydrogen-bond donors (Lipinski definition) is 1. The van der Waals surface area contributed by atoms with E-state index < -0.39 is 0 Å². The largest absolute Gasteiger partial charge is 0.370 e. The summed E-state index contributed by atoms with van der Waals surface area (Å²) in [5, 5.41) is 3.66. The summed E-state index contributed by atoms with van der Waals surface area (Å²) in [6, 6.07) is 10.3. The fourth-order valence-corrected chi connectivity index (χ4v) is 1.94. The summed E-state index contributed by atoms with van der Waals surface area (Å²) in [5.41, 5.74) is 2.10. The highest BCUT2D eigenvalue weighted by Crippen LogP contribution is 2.12. The van der Waals surface area contributed by atoms with Crippen LogP contribution in [-0.4, -0.2) is 11.5 Å². The molecule has 0 fully saturated rings. The first kappa shape index (κ1) is 12.8. The zero-order valence-electron chi connectivity index (χ0n) is 10.1. The van der Waals surface area contributed by atoms with Gasteiger partial charge in [-0.15, -0.1) is 0 Å². The minimum Gasteiger partial charge on any atom is -0.370 e. The third kappa shape index (κ3) is 3.44. The highest BCUT2D eigenvalue weighted by atomic mass is 35.5. The quantitative estimate of drug-likeness (QED) is 0.849. The Morgan fingerprint density at radius 3 is 2.83 bits per heavy atom. The van der Waals surface area contributed by atoms with Crippen LogP contribution in [0, 0.1) is 12.7 Å². The summed E-state index contributed by atoms with van der Waals surface area (Å²) in [6.07, 6.45) is 0.820. The van der Waals surface area contributed by atoms with E-state index in [0.29, 0.717) is 5.15 Å². The number of nitrogens with one attached hydrogen (secondary N) is 1. The SMILES string of the molecule is Cc1cc(F)ccc1CCNc1cccc(Cl)n1. The molecule has 18 heavy (non-hydrogen) atoms. The summed E-state index contributed by atoms with van der Waals surface area (Å²) >= 11 is 5.79. The third-order valence-electron chi connectivity index (χ3n) is 2.72. The molecule has 0 aliphatic rings. The Morgan fingerprint density at radius 1 is 1.28 bits per heavy atom. The Balaban J connectivity index is 1.92. The van der Waals surface area contributed by atoms with Crippen molar-refractivity contribution < 1.29 is 4.39 Å². The van der Waals surface area contributed by atoms with Crippen LogP contribution in [0.4, 0.5) is 10.2 Å². The van der Waals surface area contributed by atoms with Crippen molar-refractivity contribution in [2.75, 3.05) is 11.9 Å². The normalized spacial score (nSPS) is 10.4. The highest BCUT2D eigenvalue weighted by Gasteiger charge is 2.00. The highest BCUT2D eigenvalue weighted by molar-refractivity contribution is 6.29. The van der Waals surface area contributed by atoms with E-state index >= 15 is 0 Å².